The van der Waals surface area contributed by atoms with E-state index in [0.717, 1.165) is 36.1 Å². The standard InChI is InChI=1S/C30H44N4O6S2/c1-6-11-18-34(19-12-7-2)42(38,39)23-15-13-22(14-16-23)27(35)31-28-26(29(36)32(8-3)9-4)24-17-20-33(21-25(24)41-28)30(37)40-10-5/h13-16H,6-12,17-21H2,1-5H3,(H,31,35). The van der Waals surface area contributed by atoms with Gasteiger partial charge in [-0.1, -0.05) is 26.7 Å². The summed E-state index contributed by atoms with van der Waals surface area (Å²) in [5.41, 5.74) is 1.58. The van der Waals surface area contributed by atoms with Crippen molar-refractivity contribution in [2.45, 2.75) is 78.2 Å². The molecule has 0 unspecified atom stereocenters. The van der Waals surface area contributed by atoms with E-state index in [1.165, 1.54) is 39.9 Å². The minimum absolute atomic E-state index is 0.148. The van der Waals surface area contributed by atoms with E-state index in [1.807, 2.05) is 27.7 Å². The van der Waals surface area contributed by atoms with Crippen molar-refractivity contribution in [1.29, 1.82) is 0 Å². The molecule has 0 saturated carbocycles. The molecule has 42 heavy (non-hydrogen) atoms. The molecule has 10 nitrogen and oxygen atoms in total. The summed E-state index contributed by atoms with van der Waals surface area (Å²) in [6.07, 6.45) is 3.41. The van der Waals surface area contributed by atoms with E-state index in [-0.39, 0.29) is 23.0 Å². The third-order valence-electron chi connectivity index (χ3n) is 7.35. The van der Waals surface area contributed by atoms with Gasteiger partial charge >= 0.3 is 6.09 Å². The van der Waals surface area contributed by atoms with Crippen LogP contribution in [0.5, 0.6) is 0 Å². The second kappa shape index (κ2) is 15.5. The summed E-state index contributed by atoms with van der Waals surface area (Å²) in [6, 6.07) is 5.94. The van der Waals surface area contributed by atoms with Crippen LogP contribution in [0.3, 0.4) is 0 Å². The number of anilines is 1. The lowest BCUT2D eigenvalue weighted by Crippen LogP contribution is -2.37. The molecule has 0 spiro atoms. The zero-order valence-electron chi connectivity index (χ0n) is 25.4. The van der Waals surface area contributed by atoms with Crippen molar-refractivity contribution in [2.24, 2.45) is 0 Å². The fourth-order valence-electron chi connectivity index (χ4n) is 4.88. The van der Waals surface area contributed by atoms with Crippen LogP contribution in [0, 0.1) is 0 Å². The molecule has 1 aliphatic rings. The third-order valence-corrected chi connectivity index (χ3v) is 10.4. The van der Waals surface area contributed by atoms with E-state index < -0.39 is 22.0 Å². The first-order valence-electron chi connectivity index (χ1n) is 14.9. The molecule has 3 amide bonds. The number of nitrogens with one attached hydrogen (secondary N) is 1. The summed E-state index contributed by atoms with van der Waals surface area (Å²) in [7, 11) is -3.69. The van der Waals surface area contributed by atoms with Crippen molar-refractivity contribution >= 4 is 44.3 Å². The molecule has 0 fully saturated rings. The van der Waals surface area contributed by atoms with Crippen molar-refractivity contribution in [2.75, 3.05) is 44.6 Å². The minimum Gasteiger partial charge on any atom is -0.450 e. The first-order valence-corrected chi connectivity index (χ1v) is 17.1. The van der Waals surface area contributed by atoms with E-state index in [2.05, 4.69) is 5.32 Å². The minimum atomic E-state index is -3.69. The molecule has 232 valence electrons. The molecule has 1 aromatic heterocycles. The molecule has 12 heteroatoms. The van der Waals surface area contributed by atoms with Crippen molar-refractivity contribution in [3.05, 3.63) is 45.8 Å². The lowest BCUT2D eigenvalue weighted by atomic mass is 10.0. The molecule has 0 radical (unpaired) electrons. The Hall–Kier alpha value is -2.96. The van der Waals surface area contributed by atoms with Crippen LogP contribution in [-0.2, 0) is 27.7 Å². The Morgan fingerprint density at radius 1 is 0.976 bits per heavy atom. The predicted octanol–water partition coefficient (Wildman–Crippen LogP) is 5.59. The van der Waals surface area contributed by atoms with Gasteiger partial charge in [0.15, 0.2) is 0 Å². The lowest BCUT2D eigenvalue weighted by Gasteiger charge is -2.27. The molecule has 1 aliphatic heterocycles. The Morgan fingerprint density at radius 2 is 1.60 bits per heavy atom. The van der Waals surface area contributed by atoms with Crippen molar-refractivity contribution in [3.8, 4) is 0 Å². The highest BCUT2D eigenvalue weighted by Crippen LogP contribution is 2.38. The molecule has 0 atom stereocenters. The number of hydrogen-bond acceptors (Lipinski definition) is 7. The van der Waals surface area contributed by atoms with Crippen molar-refractivity contribution < 1.29 is 27.5 Å². The maximum atomic E-state index is 13.6. The van der Waals surface area contributed by atoms with Crippen LogP contribution in [-0.4, -0.2) is 79.8 Å². The number of rotatable bonds is 14. The Morgan fingerprint density at radius 3 is 2.14 bits per heavy atom. The summed E-state index contributed by atoms with van der Waals surface area (Å²) in [4.78, 5) is 43.6. The van der Waals surface area contributed by atoms with Crippen LogP contribution in [0.1, 0.15) is 91.5 Å². The fourth-order valence-corrected chi connectivity index (χ4v) is 7.65. The van der Waals surface area contributed by atoms with E-state index in [4.69, 9.17) is 4.74 Å². The van der Waals surface area contributed by atoms with Gasteiger partial charge < -0.3 is 19.9 Å². The molecule has 0 saturated heterocycles. The van der Waals surface area contributed by atoms with E-state index in [0.29, 0.717) is 56.3 Å². The number of fused-ring (bicyclic) bond motifs is 1. The smallest absolute Gasteiger partial charge is 0.410 e. The van der Waals surface area contributed by atoms with Gasteiger partial charge in [-0.15, -0.1) is 11.3 Å². The molecule has 0 bridgehead atoms. The fraction of sp³-hybridized carbons (Fsp3) is 0.567. The highest BCUT2D eigenvalue weighted by atomic mass is 32.2. The Kier molecular flexibility index (Phi) is 12.4. The number of sulfonamides is 1. The average molecular weight is 621 g/mol. The maximum Gasteiger partial charge on any atom is 0.410 e. The highest BCUT2D eigenvalue weighted by Gasteiger charge is 2.32. The zero-order valence-corrected chi connectivity index (χ0v) is 27.0. The van der Waals surface area contributed by atoms with Gasteiger partial charge in [-0.3, -0.25) is 9.59 Å². The summed E-state index contributed by atoms with van der Waals surface area (Å²) >= 11 is 1.29. The second-order valence-electron chi connectivity index (χ2n) is 10.1. The highest BCUT2D eigenvalue weighted by molar-refractivity contribution is 7.89. The molecule has 1 aromatic carbocycles. The van der Waals surface area contributed by atoms with Crippen LogP contribution >= 0.6 is 11.3 Å². The topological polar surface area (TPSA) is 116 Å². The Labute approximate surface area is 254 Å². The first-order chi connectivity index (χ1) is 20.1. The van der Waals surface area contributed by atoms with Crippen LogP contribution in [0.4, 0.5) is 9.80 Å². The normalized spacial score (nSPS) is 13.1. The summed E-state index contributed by atoms with van der Waals surface area (Å²) in [5.74, 6) is -0.611. The molecule has 3 rings (SSSR count). The van der Waals surface area contributed by atoms with Crippen LogP contribution in [0.2, 0.25) is 0 Å². The van der Waals surface area contributed by atoms with Gasteiger partial charge in [-0.2, -0.15) is 4.31 Å². The van der Waals surface area contributed by atoms with E-state index >= 15 is 0 Å². The van der Waals surface area contributed by atoms with Gasteiger partial charge in [-0.25, -0.2) is 13.2 Å². The van der Waals surface area contributed by atoms with Gasteiger partial charge in [0.2, 0.25) is 10.0 Å². The molecular weight excluding hydrogens is 576 g/mol. The molecular formula is C30H44N4O6S2. The number of unbranched alkanes of at least 4 members (excludes halogenated alkanes) is 2. The number of benzene rings is 1. The van der Waals surface area contributed by atoms with Crippen LogP contribution < -0.4 is 5.32 Å². The first kappa shape index (κ1) is 33.5. The van der Waals surface area contributed by atoms with Gasteiger partial charge in [0.1, 0.15) is 5.00 Å². The number of thiophene rings is 1. The third kappa shape index (κ3) is 7.70. The monoisotopic (exact) mass is 620 g/mol. The largest absolute Gasteiger partial charge is 0.450 e. The number of amides is 3. The summed E-state index contributed by atoms with van der Waals surface area (Å²) < 4.78 is 33.4. The number of nitrogens with zero attached hydrogens (tertiary/aromatic N) is 3. The second-order valence-corrected chi connectivity index (χ2v) is 13.2. The number of hydrogen-bond donors (Lipinski definition) is 1. The lowest BCUT2D eigenvalue weighted by molar-refractivity contribution is 0.0772. The van der Waals surface area contributed by atoms with E-state index in [9.17, 15) is 22.8 Å². The quantitative estimate of drug-likeness (QED) is 0.295. The molecule has 0 aliphatic carbocycles. The van der Waals surface area contributed by atoms with Gasteiger partial charge in [0.25, 0.3) is 11.8 Å². The van der Waals surface area contributed by atoms with E-state index in [1.54, 1.807) is 16.7 Å². The summed E-state index contributed by atoms with van der Waals surface area (Å²) in [6.45, 7) is 12.6. The zero-order chi connectivity index (χ0) is 30.9. The van der Waals surface area contributed by atoms with Gasteiger partial charge in [0, 0.05) is 43.2 Å². The van der Waals surface area contributed by atoms with Crippen molar-refractivity contribution in [3.63, 3.8) is 0 Å². The Bertz CT molecular complexity index is 1330. The summed E-state index contributed by atoms with van der Waals surface area (Å²) in [5, 5.41) is 3.34. The maximum absolute atomic E-state index is 13.6. The molecule has 2 heterocycles. The van der Waals surface area contributed by atoms with Crippen LogP contribution in [0.15, 0.2) is 29.2 Å². The van der Waals surface area contributed by atoms with Gasteiger partial charge in [-0.05, 0) is 69.9 Å². The average Bonchev–Trinajstić information content (AvgIpc) is 3.34. The number of ether oxygens (including phenoxy) is 1. The van der Waals surface area contributed by atoms with Gasteiger partial charge in [0.05, 0.1) is 23.6 Å². The number of carbonyl (C=O) groups is 3. The Balaban J connectivity index is 1.88. The SMILES string of the molecule is CCCCN(CCCC)S(=O)(=O)c1ccc(C(=O)Nc2sc3c(c2C(=O)N(CC)CC)CCN(C(=O)OCC)C3)cc1. The molecule has 2 aromatic rings. The predicted molar refractivity (Wildman–Crippen MR) is 166 cm³/mol. The van der Waals surface area contributed by atoms with Crippen LogP contribution in [0.25, 0.3) is 0 Å². The number of carbonyl (C=O) groups excluding carboxylic acids is 3. The molecule has 1 N–H and O–H groups in total. The van der Waals surface area contributed by atoms with Crippen molar-refractivity contribution in [1.82, 2.24) is 14.1 Å².